The van der Waals surface area contributed by atoms with Crippen LogP contribution in [0.25, 0.3) is 10.9 Å². The van der Waals surface area contributed by atoms with Gasteiger partial charge < -0.3 is 14.9 Å². The summed E-state index contributed by atoms with van der Waals surface area (Å²) in [5.74, 6) is -0.905. The molecule has 2 aromatic heterocycles. The Morgan fingerprint density at radius 2 is 2.28 bits per heavy atom. The van der Waals surface area contributed by atoms with Crippen LogP contribution in [0, 0.1) is 10.1 Å². The summed E-state index contributed by atoms with van der Waals surface area (Å²) in [6.45, 7) is 0. The first kappa shape index (κ1) is 11.9. The number of hydrogen-bond acceptors (Lipinski definition) is 6. The quantitative estimate of drug-likeness (QED) is 0.460. The topological polar surface area (TPSA) is 95.2 Å². The molecule has 0 radical (unpaired) electrons. The maximum Gasteiger partial charge on any atom is 0.367 e. The van der Waals surface area contributed by atoms with Gasteiger partial charge in [-0.05, 0) is 16.0 Å². The molecule has 2 aromatic rings. The van der Waals surface area contributed by atoms with Gasteiger partial charge in [-0.15, -0.1) is 0 Å². The highest BCUT2D eigenvalue weighted by Crippen LogP contribution is 2.24. The molecule has 0 atom stereocenters. The van der Waals surface area contributed by atoms with Gasteiger partial charge in [-0.3, -0.25) is 9.78 Å². The van der Waals surface area contributed by atoms with Crippen LogP contribution in [0.4, 0.5) is 5.82 Å². The second-order valence-corrected chi connectivity index (χ2v) is 3.51. The van der Waals surface area contributed by atoms with Crippen LogP contribution in [-0.4, -0.2) is 28.0 Å². The van der Waals surface area contributed by atoms with E-state index >= 15 is 0 Å². The fourth-order valence-corrected chi connectivity index (χ4v) is 1.64. The fraction of sp³-hybridized carbons (Fsp3) is 0.182. The average Bonchev–Trinajstić information content (AvgIpc) is 2.38. The number of pyridine rings is 2. The van der Waals surface area contributed by atoms with Gasteiger partial charge in [0.15, 0.2) is 6.20 Å². The summed E-state index contributed by atoms with van der Waals surface area (Å²) >= 11 is 0. The van der Waals surface area contributed by atoms with Crippen molar-refractivity contribution in [3.8, 4) is 0 Å². The minimum Gasteiger partial charge on any atom is -0.469 e. The molecule has 0 aliphatic rings. The van der Waals surface area contributed by atoms with E-state index in [1.54, 1.807) is 18.3 Å². The second-order valence-electron chi connectivity index (χ2n) is 3.51. The lowest BCUT2D eigenvalue weighted by atomic mass is 10.1. The number of carbonyl (C=O) groups is 1. The van der Waals surface area contributed by atoms with E-state index in [4.69, 9.17) is 0 Å². The molecule has 0 bridgehead atoms. The smallest absolute Gasteiger partial charge is 0.367 e. The molecule has 0 N–H and O–H groups in total. The first-order valence-corrected chi connectivity index (χ1v) is 5.07. The largest absolute Gasteiger partial charge is 0.469 e. The summed E-state index contributed by atoms with van der Waals surface area (Å²) in [5.41, 5.74) is 0.722. The fourth-order valence-electron chi connectivity index (χ4n) is 1.64. The minimum absolute atomic E-state index is 0.206. The predicted molar refractivity (Wildman–Crippen MR) is 61.9 cm³/mol. The van der Waals surface area contributed by atoms with Crippen molar-refractivity contribution in [3.63, 3.8) is 0 Å². The van der Waals surface area contributed by atoms with Crippen molar-refractivity contribution < 1.29 is 14.5 Å². The Labute approximate surface area is 102 Å². The molecule has 0 spiro atoms. The summed E-state index contributed by atoms with van der Waals surface area (Å²) in [6, 6.07) is 3.31. The maximum absolute atomic E-state index is 11.3. The lowest BCUT2D eigenvalue weighted by molar-refractivity contribution is -0.390. The van der Waals surface area contributed by atoms with Gasteiger partial charge >= 0.3 is 11.8 Å². The normalized spacial score (nSPS) is 10.3. The molecule has 0 amide bonds. The summed E-state index contributed by atoms with van der Waals surface area (Å²) in [5, 5.41) is 11.4. The predicted octanol–water partition coefficient (Wildman–Crippen LogP) is 1.25. The average molecular weight is 247 g/mol. The standard InChI is InChI=1S/C11H9N3O4/c1-18-10(15)5-8-7-3-2-4-12-9(7)6-13-11(8)14(16)17/h2-4,6H,5H2,1H3. The van der Waals surface area contributed by atoms with E-state index in [-0.39, 0.29) is 17.8 Å². The lowest BCUT2D eigenvalue weighted by Crippen LogP contribution is -2.08. The number of fused-ring (bicyclic) bond motifs is 1. The van der Waals surface area contributed by atoms with Crippen molar-refractivity contribution in [1.29, 1.82) is 0 Å². The third kappa shape index (κ3) is 2.10. The number of methoxy groups -OCH3 is 1. The maximum atomic E-state index is 11.3. The molecule has 0 fully saturated rings. The molecule has 92 valence electrons. The van der Waals surface area contributed by atoms with Gasteiger partial charge in [-0.1, -0.05) is 6.07 Å². The van der Waals surface area contributed by atoms with Crippen LogP contribution in [0.5, 0.6) is 0 Å². The highest BCUT2D eigenvalue weighted by molar-refractivity contribution is 5.88. The number of ether oxygens (including phenoxy) is 1. The van der Waals surface area contributed by atoms with Crippen molar-refractivity contribution in [2.24, 2.45) is 0 Å². The molecular formula is C11H9N3O4. The van der Waals surface area contributed by atoms with E-state index in [1.165, 1.54) is 13.3 Å². The van der Waals surface area contributed by atoms with E-state index in [9.17, 15) is 14.9 Å². The zero-order valence-corrected chi connectivity index (χ0v) is 9.49. The molecule has 0 aliphatic heterocycles. The first-order valence-electron chi connectivity index (χ1n) is 5.07. The van der Waals surface area contributed by atoms with Gasteiger partial charge in [-0.2, -0.15) is 0 Å². The number of nitrogens with zero attached hydrogens (tertiary/aromatic N) is 3. The molecule has 2 heterocycles. The van der Waals surface area contributed by atoms with Gasteiger partial charge in [-0.25, -0.2) is 0 Å². The zero-order valence-electron chi connectivity index (χ0n) is 9.49. The van der Waals surface area contributed by atoms with Crippen LogP contribution in [-0.2, 0) is 16.0 Å². The third-order valence-electron chi connectivity index (χ3n) is 2.46. The first-order chi connectivity index (χ1) is 8.63. The van der Waals surface area contributed by atoms with Gasteiger partial charge in [0.25, 0.3) is 0 Å². The van der Waals surface area contributed by atoms with E-state index in [0.717, 1.165) is 0 Å². The Kier molecular flexibility index (Phi) is 3.13. The van der Waals surface area contributed by atoms with Crippen molar-refractivity contribution in [2.45, 2.75) is 6.42 Å². The lowest BCUT2D eigenvalue weighted by Gasteiger charge is -2.04. The second kappa shape index (κ2) is 4.74. The molecule has 7 heteroatoms. The number of hydrogen-bond donors (Lipinski definition) is 0. The monoisotopic (exact) mass is 247 g/mol. The molecule has 0 unspecified atom stereocenters. The van der Waals surface area contributed by atoms with Crippen LogP contribution in [0.1, 0.15) is 5.56 Å². The van der Waals surface area contributed by atoms with Crippen molar-refractivity contribution in [3.05, 3.63) is 40.2 Å². The minimum atomic E-state index is -0.620. The Morgan fingerprint density at radius 3 is 2.94 bits per heavy atom. The highest BCUT2D eigenvalue weighted by Gasteiger charge is 2.21. The SMILES string of the molecule is COC(=O)Cc1c([N+](=O)[O-])ncc2ncccc12. The Morgan fingerprint density at radius 1 is 1.50 bits per heavy atom. The van der Waals surface area contributed by atoms with Crippen molar-refractivity contribution in [1.82, 2.24) is 9.97 Å². The van der Waals surface area contributed by atoms with Crippen molar-refractivity contribution >= 4 is 22.7 Å². The summed E-state index contributed by atoms with van der Waals surface area (Å²) in [6.07, 6.45) is 2.66. The van der Waals surface area contributed by atoms with Gasteiger partial charge in [0.1, 0.15) is 5.52 Å². The van der Waals surface area contributed by atoms with Gasteiger partial charge in [0.05, 0.1) is 19.1 Å². The van der Waals surface area contributed by atoms with Crippen LogP contribution in [0.3, 0.4) is 0 Å². The molecular weight excluding hydrogens is 238 g/mol. The number of carbonyl (C=O) groups excluding carboxylic acids is 1. The van der Waals surface area contributed by atoms with Crippen LogP contribution < -0.4 is 0 Å². The number of esters is 1. The van der Waals surface area contributed by atoms with E-state index in [0.29, 0.717) is 10.9 Å². The number of aromatic nitrogens is 2. The summed E-state index contributed by atoms with van der Waals surface area (Å²) in [4.78, 5) is 29.4. The number of nitro groups is 1. The Bertz CT molecular complexity index is 627. The molecule has 0 saturated carbocycles. The van der Waals surface area contributed by atoms with Gasteiger partial charge in [0.2, 0.25) is 0 Å². The zero-order chi connectivity index (χ0) is 13.1. The molecule has 0 saturated heterocycles. The highest BCUT2D eigenvalue weighted by atomic mass is 16.6. The van der Waals surface area contributed by atoms with E-state index in [1.807, 2.05) is 0 Å². The molecule has 2 rings (SSSR count). The van der Waals surface area contributed by atoms with E-state index in [2.05, 4.69) is 14.7 Å². The van der Waals surface area contributed by atoms with Crippen LogP contribution in [0.2, 0.25) is 0 Å². The van der Waals surface area contributed by atoms with Crippen LogP contribution >= 0.6 is 0 Å². The Balaban J connectivity index is 2.66. The van der Waals surface area contributed by atoms with Crippen LogP contribution in [0.15, 0.2) is 24.5 Å². The van der Waals surface area contributed by atoms with Crippen molar-refractivity contribution in [2.75, 3.05) is 7.11 Å². The third-order valence-corrected chi connectivity index (χ3v) is 2.46. The summed E-state index contributed by atoms with van der Waals surface area (Å²) in [7, 11) is 1.23. The van der Waals surface area contributed by atoms with E-state index < -0.39 is 10.9 Å². The molecule has 0 aromatic carbocycles. The Hall–Kier alpha value is -2.57. The molecule has 0 aliphatic carbocycles. The molecule has 18 heavy (non-hydrogen) atoms. The number of rotatable bonds is 3. The molecule has 7 nitrogen and oxygen atoms in total. The summed E-state index contributed by atoms with van der Waals surface area (Å²) < 4.78 is 4.53. The van der Waals surface area contributed by atoms with Gasteiger partial charge in [0, 0.05) is 11.6 Å².